The van der Waals surface area contributed by atoms with Crippen LogP contribution in [-0.4, -0.2) is 21.8 Å². The number of carbonyl (C=O) groups is 2. The van der Waals surface area contributed by atoms with Crippen molar-refractivity contribution in [2.24, 2.45) is 0 Å². The van der Waals surface area contributed by atoms with Gasteiger partial charge in [0.25, 0.3) is 0 Å². The van der Waals surface area contributed by atoms with Crippen molar-refractivity contribution in [3.05, 3.63) is 58.1 Å². The third kappa shape index (κ3) is 1.40. The zero-order valence-corrected chi connectivity index (χ0v) is 10.1. The van der Waals surface area contributed by atoms with Crippen LogP contribution in [0.5, 0.6) is 11.5 Å². The molecule has 1 aliphatic rings. The highest BCUT2D eigenvalue weighted by Gasteiger charge is 2.34. The standard InChI is InChI=1S/C15H10O4/c1-7-6-10(16)15(19)12-11(7)13(17)8-4-2-3-5-9(8)14(12)18/h2-6,16,19H,1H3. The van der Waals surface area contributed by atoms with E-state index in [2.05, 4.69) is 0 Å². The summed E-state index contributed by atoms with van der Waals surface area (Å²) in [5.41, 5.74) is 1.10. The minimum absolute atomic E-state index is 0.110. The number of aromatic hydroxyl groups is 2. The van der Waals surface area contributed by atoms with Crippen LogP contribution in [0.1, 0.15) is 37.4 Å². The molecule has 4 heteroatoms. The first kappa shape index (κ1) is 11.5. The molecule has 0 saturated heterocycles. The van der Waals surface area contributed by atoms with Crippen molar-refractivity contribution in [1.29, 1.82) is 0 Å². The summed E-state index contributed by atoms with van der Waals surface area (Å²) in [5, 5.41) is 19.5. The van der Waals surface area contributed by atoms with E-state index in [-0.39, 0.29) is 22.5 Å². The summed E-state index contributed by atoms with van der Waals surface area (Å²) in [4.78, 5) is 24.7. The summed E-state index contributed by atoms with van der Waals surface area (Å²) in [6.45, 7) is 1.62. The highest BCUT2D eigenvalue weighted by Crippen LogP contribution is 2.39. The molecular weight excluding hydrogens is 244 g/mol. The van der Waals surface area contributed by atoms with Crippen LogP contribution in [0.25, 0.3) is 0 Å². The highest BCUT2D eigenvalue weighted by molar-refractivity contribution is 6.30. The van der Waals surface area contributed by atoms with Crippen molar-refractivity contribution in [2.75, 3.05) is 0 Å². The molecule has 2 N–H and O–H groups in total. The summed E-state index contributed by atoms with van der Waals surface area (Å²) in [5.74, 6) is -1.68. The zero-order chi connectivity index (χ0) is 13.7. The van der Waals surface area contributed by atoms with Crippen molar-refractivity contribution in [3.63, 3.8) is 0 Å². The lowest BCUT2D eigenvalue weighted by Crippen LogP contribution is -2.22. The fourth-order valence-electron chi connectivity index (χ4n) is 2.45. The van der Waals surface area contributed by atoms with Gasteiger partial charge in [-0.1, -0.05) is 24.3 Å². The van der Waals surface area contributed by atoms with Crippen molar-refractivity contribution in [2.45, 2.75) is 6.92 Å². The van der Waals surface area contributed by atoms with Crippen LogP contribution in [0.4, 0.5) is 0 Å². The van der Waals surface area contributed by atoms with E-state index in [9.17, 15) is 19.8 Å². The van der Waals surface area contributed by atoms with Gasteiger partial charge >= 0.3 is 0 Å². The first-order valence-corrected chi connectivity index (χ1v) is 5.76. The first-order valence-electron chi connectivity index (χ1n) is 5.76. The molecule has 0 bridgehead atoms. The summed E-state index contributed by atoms with van der Waals surface area (Å²) in [6, 6.07) is 7.75. The second kappa shape index (κ2) is 3.68. The topological polar surface area (TPSA) is 74.6 Å². The average molecular weight is 254 g/mol. The van der Waals surface area contributed by atoms with Gasteiger partial charge in [0.1, 0.15) is 0 Å². The second-order valence-corrected chi connectivity index (χ2v) is 4.52. The third-order valence-electron chi connectivity index (χ3n) is 3.35. The Morgan fingerprint density at radius 1 is 0.895 bits per heavy atom. The van der Waals surface area contributed by atoms with Gasteiger partial charge in [0.2, 0.25) is 0 Å². The fraction of sp³-hybridized carbons (Fsp3) is 0.0667. The predicted molar refractivity (Wildman–Crippen MR) is 67.8 cm³/mol. The van der Waals surface area contributed by atoms with E-state index < -0.39 is 17.3 Å². The normalized spacial score (nSPS) is 13.1. The molecule has 0 amide bonds. The summed E-state index contributed by atoms with van der Waals surface area (Å²) in [6.07, 6.45) is 0. The molecule has 4 nitrogen and oxygen atoms in total. The van der Waals surface area contributed by atoms with Gasteiger partial charge in [0.15, 0.2) is 23.1 Å². The number of ketones is 2. The van der Waals surface area contributed by atoms with Crippen LogP contribution in [0, 0.1) is 6.92 Å². The van der Waals surface area contributed by atoms with Gasteiger partial charge in [0, 0.05) is 16.7 Å². The Labute approximate surface area is 108 Å². The molecule has 0 aromatic heterocycles. The predicted octanol–water partition coefficient (Wildman–Crippen LogP) is 2.18. The Morgan fingerprint density at radius 2 is 1.42 bits per heavy atom. The van der Waals surface area contributed by atoms with Gasteiger partial charge in [-0.05, 0) is 18.6 Å². The van der Waals surface area contributed by atoms with E-state index in [1.807, 2.05) is 0 Å². The van der Waals surface area contributed by atoms with Crippen LogP contribution < -0.4 is 0 Å². The second-order valence-electron chi connectivity index (χ2n) is 4.52. The van der Waals surface area contributed by atoms with Crippen LogP contribution >= 0.6 is 0 Å². The number of phenolic OH excluding ortho intramolecular Hbond substituents is 2. The minimum atomic E-state index is -0.534. The Bertz CT molecular complexity index is 744. The van der Waals surface area contributed by atoms with E-state index in [1.165, 1.54) is 12.1 Å². The number of rotatable bonds is 0. The summed E-state index contributed by atoms with van der Waals surface area (Å²) < 4.78 is 0. The lowest BCUT2D eigenvalue weighted by atomic mass is 9.81. The quantitative estimate of drug-likeness (QED) is 0.603. The third-order valence-corrected chi connectivity index (χ3v) is 3.35. The smallest absolute Gasteiger partial charge is 0.198 e. The lowest BCUT2D eigenvalue weighted by Gasteiger charge is -2.20. The number of hydrogen-bond donors (Lipinski definition) is 2. The van der Waals surface area contributed by atoms with Crippen LogP contribution in [0.15, 0.2) is 30.3 Å². The van der Waals surface area contributed by atoms with Gasteiger partial charge in [-0.2, -0.15) is 0 Å². The van der Waals surface area contributed by atoms with Crippen LogP contribution in [0.3, 0.4) is 0 Å². The number of aryl methyl sites for hydroxylation is 1. The maximum absolute atomic E-state index is 12.4. The van der Waals surface area contributed by atoms with Crippen molar-refractivity contribution in [3.8, 4) is 11.5 Å². The molecule has 0 radical (unpaired) electrons. The number of fused-ring (bicyclic) bond motifs is 2. The Hall–Kier alpha value is -2.62. The van der Waals surface area contributed by atoms with Crippen molar-refractivity contribution >= 4 is 11.6 Å². The van der Waals surface area contributed by atoms with E-state index in [0.717, 1.165) is 0 Å². The molecule has 0 heterocycles. The molecule has 94 valence electrons. The lowest BCUT2D eigenvalue weighted by molar-refractivity contribution is 0.0975. The molecule has 0 saturated carbocycles. The molecule has 0 fully saturated rings. The first-order chi connectivity index (χ1) is 9.02. The molecule has 2 aromatic rings. The summed E-state index contributed by atoms with van der Waals surface area (Å²) in [7, 11) is 0. The summed E-state index contributed by atoms with van der Waals surface area (Å²) >= 11 is 0. The van der Waals surface area contributed by atoms with Gasteiger partial charge in [-0.3, -0.25) is 9.59 Å². The van der Waals surface area contributed by atoms with E-state index in [0.29, 0.717) is 11.1 Å². The number of carbonyl (C=O) groups excluding carboxylic acids is 2. The van der Waals surface area contributed by atoms with Crippen molar-refractivity contribution in [1.82, 2.24) is 0 Å². The molecule has 0 unspecified atom stereocenters. The maximum Gasteiger partial charge on any atom is 0.198 e. The van der Waals surface area contributed by atoms with Gasteiger partial charge in [-0.25, -0.2) is 0 Å². The Kier molecular flexibility index (Phi) is 2.22. The molecule has 19 heavy (non-hydrogen) atoms. The minimum Gasteiger partial charge on any atom is -0.504 e. The molecule has 0 atom stereocenters. The molecular formula is C15H10O4. The highest BCUT2D eigenvalue weighted by atomic mass is 16.3. The molecule has 1 aliphatic carbocycles. The molecule has 3 rings (SSSR count). The van der Waals surface area contributed by atoms with Gasteiger partial charge < -0.3 is 10.2 Å². The molecule has 2 aromatic carbocycles. The van der Waals surface area contributed by atoms with E-state index in [4.69, 9.17) is 0 Å². The maximum atomic E-state index is 12.4. The molecule has 0 spiro atoms. The fourth-order valence-corrected chi connectivity index (χ4v) is 2.45. The van der Waals surface area contributed by atoms with Gasteiger partial charge in [0.05, 0.1) is 5.56 Å². The number of benzene rings is 2. The van der Waals surface area contributed by atoms with E-state index >= 15 is 0 Å². The number of hydrogen-bond acceptors (Lipinski definition) is 4. The zero-order valence-electron chi connectivity index (χ0n) is 10.1. The monoisotopic (exact) mass is 254 g/mol. The van der Waals surface area contributed by atoms with Crippen LogP contribution in [-0.2, 0) is 0 Å². The molecule has 0 aliphatic heterocycles. The number of phenols is 2. The van der Waals surface area contributed by atoms with Crippen LogP contribution in [0.2, 0.25) is 0 Å². The van der Waals surface area contributed by atoms with Gasteiger partial charge in [-0.15, -0.1) is 0 Å². The largest absolute Gasteiger partial charge is 0.504 e. The average Bonchev–Trinajstić information content (AvgIpc) is 2.40. The Morgan fingerprint density at radius 3 is 2.00 bits per heavy atom. The Balaban J connectivity index is 2.43. The van der Waals surface area contributed by atoms with Crippen molar-refractivity contribution < 1.29 is 19.8 Å². The SMILES string of the molecule is Cc1cc(O)c(O)c2c1C(=O)c1ccccc1C2=O. The van der Waals surface area contributed by atoms with E-state index in [1.54, 1.807) is 25.1 Å².